The molecule has 2 nitrogen and oxygen atoms in total. The van der Waals surface area contributed by atoms with Gasteiger partial charge in [0.25, 0.3) is 0 Å². The zero-order valence-electron chi connectivity index (χ0n) is 36.1. The van der Waals surface area contributed by atoms with Crippen molar-refractivity contribution in [1.29, 1.82) is 0 Å². The molecule has 10 aromatic carbocycles. The lowest BCUT2D eigenvalue weighted by atomic mass is 9.98. The summed E-state index contributed by atoms with van der Waals surface area (Å²) in [5.41, 5.74) is 10.8. The van der Waals surface area contributed by atoms with Gasteiger partial charge in [-0.2, -0.15) is 0 Å². The fourth-order valence-corrected chi connectivity index (χ4v) is 17.2. The van der Waals surface area contributed by atoms with Gasteiger partial charge in [0.1, 0.15) is 0 Å². The van der Waals surface area contributed by atoms with Gasteiger partial charge in [-0.05, 0) is 80.4 Å². The Balaban J connectivity index is 1.26. The van der Waals surface area contributed by atoms with Crippen LogP contribution in [0.5, 0.6) is 0 Å². The molecular weight excluding hydrogens is 833 g/mol. The highest BCUT2D eigenvalue weighted by Crippen LogP contribution is 2.47. The van der Waals surface area contributed by atoms with Gasteiger partial charge >= 0.3 is 0 Å². The molecule has 310 valence electrons. The van der Waals surface area contributed by atoms with Crippen molar-refractivity contribution < 1.29 is 0 Å². The predicted molar refractivity (Wildman–Crippen MR) is 285 cm³/mol. The van der Waals surface area contributed by atoms with E-state index in [1.54, 1.807) is 0 Å². The van der Waals surface area contributed by atoms with Crippen LogP contribution in [-0.2, 0) is 0 Å². The van der Waals surface area contributed by atoms with Crippen molar-refractivity contribution in [3.05, 3.63) is 255 Å². The summed E-state index contributed by atoms with van der Waals surface area (Å²) in [6, 6.07) is 94.9. The molecule has 0 radical (unpaired) electrons. The lowest BCUT2D eigenvalue weighted by Gasteiger charge is -2.35. The summed E-state index contributed by atoms with van der Waals surface area (Å²) in [5.74, 6) is 0. The Bertz CT molecular complexity index is 3800. The first-order valence-corrected chi connectivity index (χ1v) is 25.5. The van der Waals surface area contributed by atoms with Crippen molar-refractivity contribution in [3.8, 4) is 32.9 Å². The van der Waals surface area contributed by atoms with Gasteiger partial charge in [-0.3, -0.25) is 0 Å². The summed E-state index contributed by atoms with van der Waals surface area (Å²) >= 11 is 1.88. The largest absolute Gasteiger partial charge is 0.309 e. The highest BCUT2D eigenvalue weighted by Gasteiger charge is 2.44. The van der Waals surface area contributed by atoms with Gasteiger partial charge in [-0.15, -0.1) is 11.3 Å². The number of thiophene rings is 1. The second-order valence-corrected chi connectivity index (χ2v) is 22.0. The van der Waals surface area contributed by atoms with Crippen LogP contribution >= 0.6 is 11.3 Å². The third kappa shape index (κ3) is 5.79. The highest BCUT2D eigenvalue weighted by atomic mass is 32.1. The van der Waals surface area contributed by atoms with Crippen molar-refractivity contribution >= 4 is 93.9 Å². The number of fused-ring (bicyclic) bond motifs is 8. The van der Waals surface area contributed by atoms with Crippen LogP contribution in [0.2, 0.25) is 0 Å². The summed E-state index contributed by atoms with van der Waals surface area (Å²) in [6.07, 6.45) is 0. The average Bonchev–Trinajstić information content (AvgIpc) is 4.06. The average molecular weight is 875 g/mol. The molecule has 3 heterocycles. The van der Waals surface area contributed by atoms with Crippen LogP contribution in [0, 0.1) is 0 Å². The standard InChI is InChI=1S/C62H42N2SSi/c1-7-23-43(24-8-1)58-52-41-46(39-40-56(52)65-62(58)44-25-9-2-10-26-44)64-54-38-22-20-36-51(54)60-57(42-55-59(61(60)64)50-35-19-21-37-53(50)63(55)45-27-11-3-12-28-45)66(47-29-13-4-14-30-47,48-31-15-5-16-32-48)49-33-17-6-18-34-49/h1-42H. The molecule has 0 aliphatic carbocycles. The van der Waals surface area contributed by atoms with Gasteiger partial charge in [0.05, 0.1) is 22.1 Å². The Hall–Kier alpha value is -8.02. The van der Waals surface area contributed by atoms with Gasteiger partial charge in [0, 0.05) is 53.4 Å². The molecule has 0 fully saturated rings. The van der Waals surface area contributed by atoms with Crippen molar-refractivity contribution in [1.82, 2.24) is 9.13 Å². The van der Waals surface area contributed by atoms with Crippen molar-refractivity contribution in [2.45, 2.75) is 0 Å². The number of hydrogen-bond donors (Lipinski definition) is 0. The maximum Gasteiger partial charge on any atom is 0.180 e. The van der Waals surface area contributed by atoms with E-state index in [0.717, 1.165) is 11.4 Å². The molecule has 3 aromatic heterocycles. The maximum atomic E-state index is 2.60. The van der Waals surface area contributed by atoms with Gasteiger partial charge in [0.2, 0.25) is 0 Å². The second kappa shape index (κ2) is 15.6. The van der Waals surface area contributed by atoms with Crippen LogP contribution in [0.4, 0.5) is 0 Å². The molecule has 0 saturated carbocycles. The summed E-state index contributed by atoms with van der Waals surface area (Å²) in [4.78, 5) is 1.29. The van der Waals surface area contributed by atoms with Gasteiger partial charge < -0.3 is 9.13 Å². The van der Waals surface area contributed by atoms with E-state index in [9.17, 15) is 0 Å². The molecule has 66 heavy (non-hydrogen) atoms. The topological polar surface area (TPSA) is 9.86 Å². The first-order chi connectivity index (χ1) is 32.8. The third-order valence-corrected chi connectivity index (χ3v) is 19.7. The molecule has 13 aromatic rings. The number of para-hydroxylation sites is 3. The van der Waals surface area contributed by atoms with Crippen LogP contribution in [0.25, 0.3) is 86.6 Å². The first kappa shape index (κ1) is 38.4. The van der Waals surface area contributed by atoms with Crippen LogP contribution in [0.1, 0.15) is 0 Å². The summed E-state index contributed by atoms with van der Waals surface area (Å²) in [6.45, 7) is 0. The molecule has 13 rings (SSSR count). The summed E-state index contributed by atoms with van der Waals surface area (Å²) in [7, 11) is -3.12. The summed E-state index contributed by atoms with van der Waals surface area (Å²) in [5, 5.41) is 11.7. The predicted octanol–water partition coefficient (Wildman–Crippen LogP) is 13.8. The number of hydrogen-bond acceptors (Lipinski definition) is 1. The van der Waals surface area contributed by atoms with Crippen molar-refractivity contribution in [2.24, 2.45) is 0 Å². The van der Waals surface area contributed by atoms with E-state index >= 15 is 0 Å². The minimum absolute atomic E-state index is 1.14. The third-order valence-electron chi connectivity index (χ3n) is 13.6. The number of aromatic nitrogens is 2. The number of rotatable bonds is 8. The Labute approximate surface area is 388 Å². The Kier molecular flexibility index (Phi) is 9.09. The van der Waals surface area contributed by atoms with Gasteiger partial charge in [-0.1, -0.05) is 206 Å². The smallest absolute Gasteiger partial charge is 0.180 e. The fourth-order valence-electron chi connectivity index (χ4n) is 11.0. The Morgan fingerprint density at radius 3 is 1.38 bits per heavy atom. The zero-order chi connectivity index (χ0) is 43.6. The Morgan fingerprint density at radius 1 is 0.333 bits per heavy atom. The van der Waals surface area contributed by atoms with E-state index < -0.39 is 8.07 Å². The minimum atomic E-state index is -3.12. The summed E-state index contributed by atoms with van der Waals surface area (Å²) < 4.78 is 6.39. The molecule has 0 unspecified atom stereocenters. The normalized spacial score (nSPS) is 11.9. The molecular formula is C62H42N2SSi. The lowest BCUT2D eigenvalue weighted by Crippen LogP contribution is -2.74. The molecule has 0 aliphatic heterocycles. The van der Waals surface area contributed by atoms with E-state index in [2.05, 4.69) is 264 Å². The quantitative estimate of drug-likeness (QED) is 0.106. The van der Waals surface area contributed by atoms with E-state index in [1.165, 1.54) is 96.0 Å². The van der Waals surface area contributed by atoms with E-state index in [4.69, 9.17) is 0 Å². The molecule has 0 amide bonds. The first-order valence-electron chi connectivity index (χ1n) is 22.7. The zero-order valence-corrected chi connectivity index (χ0v) is 37.9. The SMILES string of the molecule is c1ccc(-c2sc3ccc(-n4c5ccccc5c5c([Si](c6ccccc6)(c6ccccc6)c6ccccc6)cc6c(c7ccccc7n6-c6ccccc6)c54)cc3c2-c2ccccc2)cc1. The molecule has 0 atom stereocenters. The van der Waals surface area contributed by atoms with E-state index in [0.29, 0.717) is 0 Å². The van der Waals surface area contributed by atoms with E-state index in [1.807, 2.05) is 11.3 Å². The van der Waals surface area contributed by atoms with Crippen LogP contribution in [-0.4, -0.2) is 17.2 Å². The molecule has 0 spiro atoms. The monoisotopic (exact) mass is 874 g/mol. The molecule has 0 aliphatic rings. The van der Waals surface area contributed by atoms with Crippen LogP contribution < -0.4 is 20.7 Å². The molecule has 4 heteroatoms. The van der Waals surface area contributed by atoms with Crippen LogP contribution in [0.3, 0.4) is 0 Å². The highest BCUT2D eigenvalue weighted by molar-refractivity contribution is 7.23. The van der Waals surface area contributed by atoms with Crippen molar-refractivity contribution in [3.63, 3.8) is 0 Å². The molecule has 0 bridgehead atoms. The minimum Gasteiger partial charge on any atom is -0.309 e. The second-order valence-electron chi connectivity index (χ2n) is 17.1. The van der Waals surface area contributed by atoms with E-state index in [-0.39, 0.29) is 0 Å². The molecule has 0 saturated heterocycles. The van der Waals surface area contributed by atoms with Crippen LogP contribution in [0.15, 0.2) is 255 Å². The van der Waals surface area contributed by atoms with Crippen molar-refractivity contribution in [2.75, 3.05) is 0 Å². The number of nitrogens with zero attached hydrogens (tertiary/aromatic N) is 2. The lowest BCUT2D eigenvalue weighted by molar-refractivity contribution is 1.18. The number of benzene rings is 10. The maximum absolute atomic E-state index is 3.12. The fraction of sp³-hybridized carbons (Fsp3) is 0. The molecule has 0 N–H and O–H groups in total. The Morgan fingerprint density at radius 2 is 0.803 bits per heavy atom. The van der Waals surface area contributed by atoms with Gasteiger partial charge in [0.15, 0.2) is 8.07 Å². The van der Waals surface area contributed by atoms with Gasteiger partial charge in [-0.25, -0.2) is 0 Å².